The van der Waals surface area contributed by atoms with E-state index < -0.39 is 0 Å². The molecule has 4 heteroatoms. The van der Waals surface area contributed by atoms with Crippen LogP contribution in [-0.2, 0) is 12.8 Å². The molecule has 106 valence electrons. The molecule has 20 heavy (non-hydrogen) atoms. The van der Waals surface area contributed by atoms with E-state index in [2.05, 4.69) is 35.0 Å². The first kappa shape index (κ1) is 13.7. The van der Waals surface area contributed by atoms with E-state index in [0.29, 0.717) is 0 Å². The fourth-order valence-corrected chi connectivity index (χ4v) is 3.67. The van der Waals surface area contributed by atoms with Crippen LogP contribution >= 0.6 is 11.3 Å². The third-order valence-corrected chi connectivity index (χ3v) is 4.98. The Balaban J connectivity index is 1.68. The minimum atomic E-state index is -0.359. The molecular weight excluding hydrogens is 268 g/mol. The Morgan fingerprint density at radius 2 is 2.25 bits per heavy atom. The molecule has 0 spiro atoms. The van der Waals surface area contributed by atoms with Crippen molar-refractivity contribution >= 4 is 11.3 Å². The minimum Gasteiger partial charge on any atom is -0.387 e. The lowest BCUT2D eigenvalue weighted by molar-refractivity contribution is 0.0643. The molecule has 3 rings (SSSR count). The summed E-state index contributed by atoms with van der Waals surface area (Å²) in [5.41, 5.74) is 2.39. The molecule has 0 fully saturated rings. The molecular formula is C16H20N2OS. The largest absolute Gasteiger partial charge is 0.387 e. The summed E-state index contributed by atoms with van der Waals surface area (Å²) in [5.74, 6) is 0. The maximum absolute atomic E-state index is 10.5. The molecule has 0 aliphatic heterocycles. The first-order valence-corrected chi connectivity index (χ1v) is 8.06. The van der Waals surface area contributed by atoms with Gasteiger partial charge in [0.05, 0.1) is 11.1 Å². The van der Waals surface area contributed by atoms with Crippen LogP contribution in [0.4, 0.5) is 0 Å². The topological polar surface area (TPSA) is 36.4 Å². The van der Waals surface area contributed by atoms with Crippen molar-refractivity contribution in [2.45, 2.75) is 31.9 Å². The van der Waals surface area contributed by atoms with E-state index in [1.165, 1.54) is 10.6 Å². The molecule has 3 nitrogen and oxygen atoms in total. The highest BCUT2D eigenvalue weighted by Crippen LogP contribution is 2.34. The monoisotopic (exact) mass is 288 g/mol. The molecule has 1 aromatic heterocycles. The Kier molecular flexibility index (Phi) is 4.15. The number of fused-ring (bicyclic) bond motifs is 1. The van der Waals surface area contributed by atoms with Crippen LogP contribution in [0, 0.1) is 0 Å². The van der Waals surface area contributed by atoms with E-state index in [1.54, 1.807) is 11.3 Å². The predicted octanol–water partition coefficient (Wildman–Crippen LogP) is 2.67. The first-order chi connectivity index (χ1) is 9.79. The third kappa shape index (κ3) is 2.64. The number of benzene rings is 1. The van der Waals surface area contributed by atoms with Gasteiger partial charge in [0.15, 0.2) is 0 Å². The number of rotatable bonds is 5. The zero-order valence-corrected chi connectivity index (χ0v) is 12.5. The van der Waals surface area contributed by atoms with Crippen LogP contribution in [-0.4, -0.2) is 34.1 Å². The van der Waals surface area contributed by atoms with Crippen LogP contribution in [0.5, 0.6) is 0 Å². The van der Waals surface area contributed by atoms with Gasteiger partial charge in [0.25, 0.3) is 0 Å². The van der Waals surface area contributed by atoms with Crippen LogP contribution < -0.4 is 0 Å². The second-order valence-corrected chi connectivity index (χ2v) is 6.20. The summed E-state index contributed by atoms with van der Waals surface area (Å²) in [7, 11) is 0. The van der Waals surface area contributed by atoms with Gasteiger partial charge in [-0.2, -0.15) is 0 Å². The maximum atomic E-state index is 10.5. The van der Waals surface area contributed by atoms with E-state index in [-0.39, 0.29) is 12.1 Å². The third-order valence-electron chi connectivity index (χ3n) is 4.14. The zero-order valence-electron chi connectivity index (χ0n) is 11.7. The molecule has 1 aromatic carbocycles. The van der Waals surface area contributed by atoms with Gasteiger partial charge in [-0.3, -0.25) is 4.90 Å². The summed E-state index contributed by atoms with van der Waals surface area (Å²) in [4.78, 5) is 6.72. The number of hydrogen-bond acceptors (Lipinski definition) is 4. The smallest absolute Gasteiger partial charge is 0.0951 e. The molecule has 1 N–H and O–H groups in total. The Labute approximate surface area is 123 Å². The van der Waals surface area contributed by atoms with E-state index in [1.807, 2.05) is 17.6 Å². The molecule has 0 saturated carbocycles. The zero-order chi connectivity index (χ0) is 13.9. The standard InChI is InChI=1S/C16H20N2OS/c1-2-18(9-7-15-17-8-10-20-15)14-11-12-5-3-4-6-13(12)16(14)19/h3-6,8,10,14,16,19H,2,7,9,11H2,1H3. The summed E-state index contributed by atoms with van der Waals surface area (Å²) >= 11 is 1.71. The van der Waals surface area contributed by atoms with Crippen molar-refractivity contribution in [2.75, 3.05) is 13.1 Å². The number of aliphatic hydroxyl groups is 1. The average molecular weight is 288 g/mol. The lowest BCUT2D eigenvalue weighted by Crippen LogP contribution is -2.39. The van der Waals surface area contributed by atoms with Gasteiger partial charge >= 0.3 is 0 Å². The highest BCUT2D eigenvalue weighted by molar-refractivity contribution is 7.09. The van der Waals surface area contributed by atoms with Crippen molar-refractivity contribution in [1.29, 1.82) is 0 Å². The summed E-state index contributed by atoms with van der Waals surface area (Å²) in [5, 5.41) is 13.7. The molecule has 1 heterocycles. The summed E-state index contributed by atoms with van der Waals surface area (Å²) < 4.78 is 0. The lowest BCUT2D eigenvalue weighted by atomic mass is 10.1. The molecule has 2 atom stereocenters. The molecule has 0 amide bonds. The van der Waals surface area contributed by atoms with Gasteiger partial charge in [-0.05, 0) is 24.1 Å². The Bertz CT molecular complexity index is 555. The number of nitrogens with zero attached hydrogens (tertiary/aromatic N) is 2. The normalized spacial score (nSPS) is 21.4. The van der Waals surface area contributed by atoms with Gasteiger partial charge in [0.1, 0.15) is 0 Å². The number of likely N-dealkylation sites (N-methyl/N-ethyl adjacent to an activating group) is 1. The van der Waals surface area contributed by atoms with Crippen LogP contribution in [0.2, 0.25) is 0 Å². The Hall–Kier alpha value is -1.23. The Morgan fingerprint density at radius 1 is 1.40 bits per heavy atom. The van der Waals surface area contributed by atoms with Crippen molar-refractivity contribution in [3.05, 3.63) is 52.0 Å². The van der Waals surface area contributed by atoms with Crippen molar-refractivity contribution in [1.82, 2.24) is 9.88 Å². The van der Waals surface area contributed by atoms with E-state index in [9.17, 15) is 5.11 Å². The predicted molar refractivity (Wildman–Crippen MR) is 82.0 cm³/mol. The summed E-state index contributed by atoms with van der Waals surface area (Å²) in [6, 6.07) is 8.45. The minimum absolute atomic E-state index is 0.206. The molecule has 0 saturated heterocycles. The van der Waals surface area contributed by atoms with Crippen molar-refractivity contribution < 1.29 is 5.11 Å². The van der Waals surface area contributed by atoms with E-state index >= 15 is 0 Å². The number of hydrogen-bond donors (Lipinski definition) is 1. The maximum Gasteiger partial charge on any atom is 0.0951 e. The number of aromatic nitrogens is 1. The quantitative estimate of drug-likeness (QED) is 0.919. The highest BCUT2D eigenvalue weighted by Gasteiger charge is 2.34. The Morgan fingerprint density at radius 3 is 2.95 bits per heavy atom. The van der Waals surface area contributed by atoms with Gasteiger partial charge in [0.2, 0.25) is 0 Å². The van der Waals surface area contributed by atoms with Crippen LogP contribution in [0.15, 0.2) is 35.8 Å². The number of aliphatic hydroxyl groups excluding tert-OH is 1. The van der Waals surface area contributed by atoms with E-state index in [4.69, 9.17) is 0 Å². The molecule has 2 unspecified atom stereocenters. The van der Waals surface area contributed by atoms with Gasteiger partial charge in [-0.1, -0.05) is 31.2 Å². The van der Waals surface area contributed by atoms with Gasteiger partial charge in [0, 0.05) is 30.6 Å². The van der Waals surface area contributed by atoms with Crippen LogP contribution in [0.25, 0.3) is 0 Å². The van der Waals surface area contributed by atoms with Gasteiger partial charge in [-0.25, -0.2) is 4.98 Å². The summed E-state index contributed by atoms with van der Waals surface area (Å²) in [6.45, 7) is 4.08. The molecule has 1 aliphatic rings. The number of thiazole rings is 1. The average Bonchev–Trinajstić information content (AvgIpc) is 3.09. The molecule has 1 aliphatic carbocycles. The second-order valence-electron chi connectivity index (χ2n) is 5.22. The van der Waals surface area contributed by atoms with Crippen molar-refractivity contribution in [2.24, 2.45) is 0 Å². The molecule has 0 radical (unpaired) electrons. The lowest BCUT2D eigenvalue weighted by Gasteiger charge is -2.29. The fourth-order valence-electron chi connectivity index (χ4n) is 3.06. The SMILES string of the molecule is CCN(CCc1nccs1)C1Cc2ccccc2C1O. The molecule has 0 bridgehead atoms. The fraction of sp³-hybridized carbons (Fsp3) is 0.438. The van der Waals surface area contributed by atoms with Crippen LogP contribution in [0.1, 0.15) is 29.2 Å². The van der Waals surface area contributed by atoms with E-state index in [0.717, 1.165) is 31.5 Å². The second kappa shape index (κ2) is 6.04. The molecule has 2 aromatic rings. The van der Waals surface area contributed by atoms with Gasteiger partial charge in [-0.15, -0.1) is 11.3 Å². The summed E-state index contributed by atoms with van der Waals surface area (Å²) in [6.07, 6.45) is 3.41. The highest BCUT2D eigenvalue weighted by atomic mass is 32.1. The van der Waals surface area contributed by atoms with Crippen molar-refractivity contribution in [3.8, 4) is 0 Å². The first-order valence-electron chi connectivity index (χ1n) is 7.18. The van der Waals surface area contributed by atoms with Gasteiger partial charge < -0.3 is 5.11 Å². The van der Waals surface area contributed by atoms with Crippen LogP contribution in [0.3, 0.4) is 0 Å². The van der Waals surface area contributed by atoms with Crippen molar-refractivity contribution in [3.63, 3.8) is 0 Å².